The highest BCUT2D eigenvalue weighted by Gasteiger charge is 2.45. The Hall–Kier alpha value is -2.63. The number of ketones is 1. The minimum Gasteiger partial charge on any atom is -0.328 e. The minimum absolute atomic E-state index is 0.170. The standard InChI is InChI=1S/C23H20Cl2N4O/c1-23(2)11-17-19(18(30)12-23)20(14-8-9-15(24)16(25)10-14)29-22(26-17)27-21(28-29)13-6-4-3-5-7-13/h3-11,19-20H,12H2,1-2H3,(H,26,27,28)/t19-,20-/m0/s1. The molecule has 3 aromatic rings. The van der Waals surface area contributed by atoms with Crippen molar-refractivity contribution in [1.29, 1.82) is 0 Å². The maximum absolute atomic E-state index is 13.3. The number of Topliss-reactive ketones (excluding diaryl/α,β-unsaturated/α-hetero) is 1. The maximum atomic E-state index is 13.3. The Labute approximate surface area is 184 Å². The van der Waals surface area contributed by atoms with Crippen LogP contribution in [-0.2, 0) is 4.79 Å². The normalized spacial score (nSPS) is 22.0. The summed E-state index contributed by atoms with van der Waals surface area (Å²) in [4.78, 5) is 18.0. The quantitative estimate of drug-likeness (QED) is 0.551. The van der Waals surface area contributed by atoms with Gasteiger partial charge in [-0.15, -0.1) is 5.10 Å². The van der Waals surface area contributed by atoms with E-state index in [0.29, 0.717) is 28.2 Å². The zero-order valence-electron chi connectivity index (χ0n) is 16.6. The van der Waals surface area contributed by atoms with Crippen molar-refractivity contribution in [1.82, 2.24) is 14.8 Å². The molecule has 2 aliphatic rings. The number of aromatic nitrogens is 3. The summed E-state index contributed by atoms with van der Waals surface area (Å²) in [7, 11) is 0. The van der Waals surface area contributed by atoms with Gasteiger partial charge in [0.1, 0.15) is 5.78 Å². The summed E-state index contributed by atoms with van der Waals surface area (Å²) in [5.41, 5.74) is 2.44. The molecule has 0 bridgehead atoms. The van der Waals surface area contributed by atoms with Crippen molar-refractivity contribution in [2.75, 3.05) is 5.32 Å². The summed E-state index contributed by atoms with van der Waals surface area (Å²) in [5.74, 6) is 1.00. The molecule has 0 fully saturated rings. The molecule has 0 radical (unpaired) electrons. The Morgan fingerprint density at radius 1 is 1.10 bits per heavy atom. The van der Waals surface area contributed by atoms with Gasteiger partial charge in [0, 0.05) is 17.7 Å². The molecule has 1 aliphatic heterocycles. The second kappa shape index (κ2) is 6.96. The third-order valence-electron chi connectivity index (χ3n) is 5.64. The third-order valence-corrected chi connectivity index (χ3v) is 6.38. The van der Waals surface area contributed by atoms with Gasteiger partial charge in [-0.25, -0.2) is 4.68 Å². The van der Waals surface area contributed by atoms with E-state index in [1.807, 2.05) is 42.5 Å². The van der Waals surface area contributed by atoms with Crippen LogP contribution in [0.15, 0.2) is 60.3 Å². The van der Waals surface area contributed by atoms with Gasteiger partial charge in [0.25, 0.3) is 0 Å². The highest BCUT2D eigenvalue weighted by molar-refractivity contribution is 6.42. The maximum Gasteiger partial charge on any atom is 0.226 e. The topological polar surface area (TPSA) is 59.8 Å². The Balaban J connectivity index is 1.71. The van der Waals surface area contributed by atoms with Crippen LogP contribution >= 0.6 is 23.2 Å². The predicted molar refractivity (Wildman–Crippen MR) is 119 cm³/mol. The van der Waals surface area contributed by atoms with E-state index in [-0.39, 0.29) is 23.2 Å². The number of halogens is 2. The van der Waals surface area contributed by atoms with Gasteiger partial charge in [0.2, 0.25) is 5.95 Å². The molecule has 5 nitrogen and oxygen atoms in total. The summed E-state index contributed by atoms with van der Waals surface area (Å²) in [6.45, 7) is 4.14. The Kier molecular flexibility index (Phi) is 4.49. The average Bonchev–Trinajstić information content (AvgIpc) is 3.12. The van der Waals surface area contributed by atoms with E-state index in [1.54, 1.807) is 10.7 Å². The Morgan fingerprint density at radius 3 is 2.60 bits per heavy atom. The van der Waals surface area contributed by atoms with Gasteiger partial charge in [0.15, 0.2) is 5.82 Å². The fraction of sp³-hybridized carbons (Fsp3) is 0.261. The first kappa shape index (κ1) is 19.3. The predicted octanol–water partition coefficient (Wildman–Crippen LogP) is 5.77. The molecule has 1 aliphatic carbocycles. The fourth-order valence-electron chi connectivity index (χ4n) is 4.37. The zero-order chi connectivity index (χ0) is 21.0. The van der Waals surface area contributed by atoms with E-state index >= 15 is 0 Å². The van der Waals surface area contributed by atoms with Crippen LogP contribution in [0.1, 0.15) is 31.9 Å². The molecular formula is C23H20Cl2N4O. The highest BCUT2D eigenvalue weighted by atomic mass is 35.5. The second-order valence-electron chi connectivity index (χ2n) is 8.52. The lowest BCUT2D eigenvalue weighted by Crippen LogP contribution is -2.42. The van der Waals surface area contributed by atoms with Gasteiger partial charge in [-0.05, 0) is 23.1 Å². The van der Waals surface area contributed by atoms with Crippen LogP contribution in [0, 0.1) is 11.3 Å². The van der Waals surface area contributed by atoms with Crippen LogP contribution in [0.4, 0.5) is 5.95 Å². The molecule has 2 aromatic carbocycles. The second-order valence-corrected chi connectivity index (χ2v) is 9.34. The molecule has 1 N–H and O–H groups in total. The number of hydrogen-bond acceptors (Lipinski definition) is 4. The van der Waals surface area contributed by atoms with Gasteiger partial charge >= 0.3 is 0 Å². The van der Waals surface area contributed by atoms with E-state index in [1.165, 1.54) is 0 Å². The van der Waals surface area contributed by atoms with Crippen LogP contribution in [0.25, 0.3) is 11.4 Å². The molecule has 30 heavy (non-hydrogen) atoms. The number of hydrogen-bond donors (Lipinski definition) is 1. The number of carbonyl (C=O) groups is 1. The van der Waals surface area contributed by atoms with Crippen LogP contribution in [-0.4, -0.2) is 20.5 Å². The number of fused-ring (bicyclic) bond motifs is 2. The summed E-state index contributed by atoms with van der Waals surface area (Å²) < 4.78 is 1.81. The zero-order valence-corrected chi connectivity index (χ0v) is 18.1. The fourth-order valence-corrected chi connectivity index (χ4v) is 4.67. The smallest absolute Gasteiger partial charge is 0.226 e. The lowest BCUT2D eigenvalue weighted by molar-refractivity contribution is -0.125. The Morgan fingerprint density at radius 2 is 1.87 bits per heavy atom. The molecule has 0 spiro atoms. The van der Waals surface area contributed by atoms with Crippen molar-refractivity contribution < 1.29 is 4.79 Å². The number of carbonyl (C=O) groups excluding carboxylic acids is 1. The molecule has 0 saturated carbocycles. The van der Waals surface area contributed by atoms with Crippen LogP contribution in [0.3, 0.4) is 0 Å². The van der Waals surface area contributed by atoms with Gasteiger partial charge in [-0.3, -0.25) is 4.79 Å². The first-order valence-corrected chi connectivity index (χ1v) is 10.6. The molecule has 0 amide bonds. The number of nitrogens with one attached hydrogen (secondary N) is 1. The molecule has 2 heterocycles. The van der Waals surface area contributed by atoms with Crippen molar-refractivity contribution >= 4 is 34.9 Å². The number of rotatable bonds is 2. The number of anilines is 1. The van der Waals surface area contributed by atoms with E-state index in [2.05, 4.69) is 25.2 Å². The lowest BCUT2D eigenvalue weighted by atomic mass is 9.72. The summed E-state index contributed by atoms with van der Waals surface area (Å²) in [5, 5.41) is 9.08. The van der Waals surface area contributed by atoms with Gasteiger partial charge in [-0.2, -0.15) is 4.98 Å². The highest BCUT2D eigenvalue weighted by Crippen LogP contribution is 2.46. The van der Waals surface area contributed by atoms with Crippen LogP contribution < -0.4 is 5.32 Å². The number of allylic oxidation sites excluding steroid dienone is 2. The van der Waals surface area contributed by atoms with Crippen molar-refractivity contribution in [2.24, 2.45) is 11.3 Å². The van der Waals surface area contributed by atoms with Crippen LogP contribution in [0.2, 0.25) is 10.0 Å². The molecular weight excluding hydrogens is 419 g/mol. The largest absolute Gasteiger partial charge is 0.328 e. The van der Waals surface area contributed by atoms with E-state index in [9.17, 15) is 4.79 Å². The molecule has 5 rings (SSSR count). The van der Waals surface area contributed by atoms with Crippen molar-refractivity contribution in [2.45, 2.75) is 26.3 Å². The van der Waals surface area contributed by atoms with Gasteiger partial charge in [-0.1, -0.05) is 79.5 Å². The first-order valence-electron chi connectivity index (χ1n) is 9.82. The number of benzene rings is 2. The summed E-state index contributed by atoms with van der Waals surface area (Å²) in [6, 6.07) is 14.9. The molecule has 0 saturated heterocycles. The minimum atomic E-state index is -0.381. The summed E-state index contributed by atoms with van der Waals surface area (Å²) in [6.07, 6.45) is 2.61. The lowest BCUT2D eigenvalue weighted by Gasteiger charge is -2.40. The van der Waals surface area contributed by atoms with E-state index in [0.717, 1.165) is 16.8 Å². The summed E-state index contributed by atoms with van der Waals surface area (Å²) >= 11 is 12.5. The van der Waals surface area contributed by atoms with E-state index < -0.39 is 0 Å². The van der Waals surface area contributed by atoms with Crippen molar-refractivity contribution in [3.63, 3.8) is 0 Å². The average molecular weight is 439 g/mol. The molecule has 152 valence electrons. The molecule has 1 aromatic heterocycles. The van der Waals surface area contributed by atoms with Gasteiger partial charge < -0.3 is 5.32 Å². The Bertz CT molecular complexity index is 1180. The van der Waals surface area contributed by atoms with E-state index in [4.69, 9.17) is 33.3 Å². The van der Waals surface area contributed by atoms with Crippen LogP contribution in [0.5, 0.6) is 0 Å². The molecule has 0 unspecified atom stereocenters. The monoisotopic (exact) mass is 438 g/mol. The molecule has 7 heteroatoms. The number of nitrogens with zero attached hydrogens (tertiary/aromatic N) is 3. The van der Waals surface area contributed by atoms with Crippen molar-refractivity contribution in [3.8, 4) is 11.4 Å². The molecule has 2 atom stereocenters. The first-order chi connectivity index (χ1) is 14.3. The third kappa shape index (κ3) is 3.22. The SMILES string of the molecule is CC1(C)C=C2Nc3nc(-c4ccccc4)nn3[C@@H](c3ccc(Cl)c(Cl)c3)[C@@H]2C(=O)C1. The van der Waals surface area contributed by atoms with Crippen molar-refractivity contribution in [3.05, 3.63) is 75.9 Å². The van der Waals surface area contributed by atoms with Gasteiger partial charge in [0.05, 0.1) is 22.0 Å².